The van der Waals surface area contributed by atoms with Crippen LogP contribution in [0.3, 0.4) is 0 Å². The van der Waals surface area contributed by atoms with E-state index in [0.717, 1.165) is 0 Å². The number of carbonyl (C=O) groups is 2. The van der Waals surface area contributed by atoms with Crippen molar-refractivity contribution < 1.29 is 18.4 Å². The first-order chi connectivity index (χ1) is 10.7. The van der Waals surface area contributed by atoms with E-state index in [1.54, 1.807) is 0 Å². The molecule has 0 aliphatic rings. The van der Waals surface area contributed by atoms with Crippen molar-refractivity contribution in [3.05, 3.63) is 0 Å². The third kappa shape index (κ3) is 6.02. The Bertz CT molecular complexity index is 497. The fourth-order valence-corrected chi connectivity index (χ4v) is 12.9. The second-order valence-corrected chi connectivity index (χ2v) is 21.0. The zero-order valence-corrected chi connectivity index (χ0v) is 20.0. The molecule has 6 nitrogen and oxygen atoms in total. The minimum absolute atomic E-state index is 0.229. The Morgan fingerprint density at radius 3 is 1.16 bits per heavy atom. The summed E-state index contributed by atoms with van der Waals surface area (Å²) in [5.41, 5.74) is 0. The maximum atomic E-state index is 12.4. The van der Waals surface area contributed by atoms with E-state index in [1.165, 1.54) is 0 Å². The molecule has 2 amide bonds. The zero-order chi connectivity index (χ0) is 20.5. The lowest BCUT2D eigenvalue weighted by Gasteiger charge is -2.56. The highest BCUT2D eigenvalue weighted by Gasteiger charge is 2.64. The summed E-state index contributed by atoms with van der Waals surface area (Å²) in [6, 6.07) is 0. The van der Waals surface area contributed by atoms with E-state index in [2.05, 4.69) is 72.5 Å². The van der Waals surface area contributed by atoms with Crippen LogP contribution in [0.15, 0.2) is 10.2 Å². The Kier molecular flexibility index (Phi) is 7.00. The summed E-state index contributed by atoms with van der Waals surface area (Å²) in [6.07, 6.45) is -1.66. The van der Waals surface area contributed by atoms with Gasteiger partial charge in [0, 0.05) is 0 Å². The van der Waals surface area contributed by atoms with Gasteiger partial charge in [0.15, 0.2) is 0 Å². The fraction of sp³-hybridized carbons (Fsp3) is 0.882. The molecule has 0 saturated heterocycles. The van der Waals surface area contributed by atoms with Crippen molar-refractivity contribution in [1.29, 1.82) is 0 Å². The number of hydrogen-bond acceptors (Lipinski definition) is 4. The summed E-state index contributed by atoms with van der Waals surface area (Å²) in [5, 5.41) is 6.18. The Hall–Kier alpha value is -1.03. The molecule has 0 bridgehead atoms. The summed E-state index contributed by atoms with van der Waals surface area (Å²) >= 11 is 0. The number of carbonyl (C=O) groups excluding carboxylic acids is 2. The standard InChI is InChI=1S/C17H36N2O4Si2/c1-15(2,3)25(16(4,5)6,17(7,8)9)23-14(21)19-18-13(20)22-24(10,11)12/h1-12H3. The predicted octanol–water partition coefficient (Wildman–Crippen LogP) is 6.89. The van der Waals surface area contributed by atoms with Crippen molar-refractivity contribution in [2.24, 2.45) is 10.2 Å². The predicted molar refractivity (Wildman–Crippen MR) is 106 cm³/mol. The lowest BCUT2D eigenvalue weighted by Crippen LogP contribution is -2.61. The minimum atomic E-state index is -2.73. The van der Waals surface area contributed by atoms with Gasteiger partial charge >= 0.3 is 12.2 Å². The summed E-state index contributed by atoms with van der Waals surface area (Å²) in [6.45, 7) is 24.4. The van der Waals surface area contributed by atoms with E-state index in [-0.39, 0.29) is 15.1 Å². The van der Waals surface area contributed by atoms with Crippen LogP contribution in [0.25, 0.3) is 0 Å². The van der Waals surface area contributed by atoms with E-state index in [4.69, 9.17) is 8.85 Å². The molecule has 0 fully saturated rings. The summed E-state index contributed by atoms with van der Waals surface area (Å²) in [5.74, 6) is 0. The van der Waals surface area contributed by atoms with E-state index in [0.29, 0.717) is 0 Å². The molecule has 0 aromatic heterocycles. The van der Waals surface area contributed by atoms with Gasteiger partial charge in [0.2, 0.25) is 8.32 Å². The molecular weight excluding hydrogens is 352 g/mol. The van der Waals surface area contributed by atoms with Gasteiger partial charge in [0.05, 0.1) is 0 Å². The summed E-state index contributed by atoms with van der Waals surface area (Å²) < 4.78 is 11.2. The number of amides is 2. The third-order valence-electron chi connectivity index (χ3n) is 4.02. The van der Waals surface area contributed by atoms with Gasteiger partial charge in [-0.3, -0.25) is 0 Å². The lowest BCUT2D eigenvalue weighted by molar-refractivity contribution is 0.189. The van der Waals surface area contributed by atoms with Crippen LogP contribution in [0.5, 0.6) is 0 Å². The number of nitrogens with zero attached hydrogens (tertiary/aromatic N) is 2. The van der Waals surface area contributed by atoms with Gasteiger partial charge in [0.25, 0.3) is 8.32 Å². The fourth-order valence-electron chi connectivity index (χ4n) is 4.35. The maximum absolute atomic E-state index is 12.4. The highest BCUT2D eigenvalue weighted by Crippen LogP contribution is 2.62. The SMILES string of the molecule is CC(C)(C)[Si](OC(=O)N=NC(=O)O[Si](C)(C)C)(C(C)(C)C)C(C)(C)C. The minimum Gasteiger partial charge on any atom is -0.502 e. The molecule has 0 heterocycles. The van der Waals surface area contributed by atoms with E-state index in [9.17, 15) is 9.59 Å². The Morgan fingerprint density at radius 2 is 0.920 bits per heavy atom. The largest absolute Gasteiger partial charge is 0.502 e. The lowest BCUT2D eigenvalue weighted by atomic mass is 10.2. The zero-order valence-electron chi connectivity index (χ0n) is 18.0. The molecule has 25 heavy (non-hydrogen) atoms. The maximum Gasteiger partial charge on any atom is 0.439 e. The Balaban J connectivity index is 5.71. The smallest absolute Gasteiger partial charge is 0.439 e. The van der Waals surface area contributed by atoms with Gasteiger partial charge < -0.3 is 8.85 Å². The van der Waals surface area contributed by atoms with Crippen LogP contribution in [0.2, 0.25) is 34.8 Å². The van der Waals surface area contributed by atoms with Gasteiger partial charge in [-0.1, -0.05) is 72.5 Å². The first-order valence-electron chi connectivity index (χ1n) is 8.62. The molecule has 0 radical (unpaired) electrons. The molecule has 0 atom stereocenters. The van der Waals surface area contributed by atoms with Crippen molar-refractivity contribution in [1.82, 2.24) is 0 Å². The summed E-state index contributed by atoms with van der Waals surface area (Å²) in [4.78, 5) is 24.1. The highest BCUT2D eigenvalue weighted by atomic mass is 28.4. The quantitative estimate of drug-likeness (QED) is 0.381. The molecule has 0 unspecified atom stereocenters. The van der Waals surface area contributed by atoms with Crippen LogP contribution in [0, 0.1) is 0 Å². The third-order valence-corrected chi connectivity index (χ3v) is 11.6. The van der Waals surface area contributed by atoms with Gasteiger partial charge in [-0.15, -0.1) is 0 Å². The second-order valence-electron chi connectivity index (χ2n) is 10.5. The monoisotopic (exact) mass is 388 g/mol. The normalized spacial score (nSPS) is 14.6. The molecule has 0 rings (SSSR count). The van der Waals surface area contributed by atoms with Gasteiger partial charge in [-0.25, -0.2) is 9.59 Å². The molecule has 0 aromatic rings. The molecule has 0 spiro atoms. The van der Waals surface area contributed by atoms with Gasteiger partial charge in [0.1, 0.15) is 0 Å². The first-order valence-corrected chi connectivity index (χ1v) is 13.9. The van der Waals surface area contributed by atoms with Crippen LogP contribution < -0.4 is 0 Å². The average molecular weight is 389 g/mol. The number of hydrogen-bond donors (Lipinski definition) is 0. The molecule has 146 valence electrons. The molecule has 0 N–H and O–H groups in total. The number of azo groups is 1. The van der Waals surface area contributed by atoms with Crippen LogP contribution in [0.1, 0.15) is 62.3 Å². The molecule has 0 saturated carbocycles. The molecular formula is C17H36N2O4Si2. The molecule has 0 aliphatic heterocycles. The van der Waals surface area contributed by atoms with E-state index in [1.807, 2.05) is 19.6 Å². The van der Waals surface area contributed by atoms with Crippen LogP contribution >= 0.6 is 0 Å². The van der Waals surface area contributed by atoms with Crippen molar-refractivity contribution in [2.75, 3.05) is 0 Å². The van der Waals surface area contributed by atoms with Crippen LogP contribution in [0.4, 0.5) is 9.59 Å². The molecule has 8 heteroatoms. The number of rotatable bonds is 2. The second kappa shape index (κ2) is 7.30. The van der Waals surface area contributed by atoms with Crippen LogP contribution in [-0.2, 0) is 8.85 Å². The Labute approximate surface area is 155 Å². The Morgan fingerprint density at radius 1 is 0.640 bits per heavy atom. The average Bonchev–Trinajstić information content (AvgIpc) is 2.26. The van der Waals surface area contributed by atoms with Crippen molar-refractivity contribution >= 4 is 28.8 Å². The van der Waals surface area contributed by atoms with Crippen LogP contribution in [-0.4, -0.2) is 28.8 Å². The van der Waals surface area contributed by atoms with Crippen molar-refractivity contribution in [3.8, 4) is 0 Å². The van der Waals surface area contributed by atoms with E-state index >= 15 is 0 Å². The van der Waals surface area contributed by atoms with Gasteiger partial charge in [-0.05, 0) is 34.8 Å². The van der Waals surface area contributed by atoms with Crippen molar-refractivity contribution in [2.45, 2.75) is 97.1 Å². The topological polar surface area (TPSA) is 77.3 Å². The summed E-state index contributed by atoms with van der Waals surface area (Å²) in [7, 11) is -4.80. The highest BCUT2D eigenvalue weighted by molar-refractivity contribution is 6.83. The van der Waals surface area contributed by atoms with Gasteiger partial charge in [-0.2, -0.15) is 0 Å². The first kappa shape index (κ1) is 24.0. The van der Waals surface area contributed by atoms with E-state index < -0.39 is 28.8 Å². The molecule has 0 aromatic carbocycles. The molecule has 0 aliphatic carbocycles. The van der Waals surface area contributed by atoms with Crippen molar-refractivity contribution in [3.63, 3.8) is 0 Å².